The molecule has 92 valence electrons. The van der Waals surface area contributed by atoms with E-state index in [0.717, 1.165) is 5.39 Å². The van der Waals surface area contributed by atoms with E-state index >= 15 is 0 Å². The third-order valence-corrected chi connectivity index (χ3v) is 2.91. The topological polar surface area (TPSA) is 56.2 Å². The number of hydrogen-bond acceptors (Lipinski definition) is 4. The maximum Gasteiger partial charge on any atom is 0.259 e. The van der Waals surface area contributed by atoms with Gasteiger partial charge in [0.25, 0.3) is 5.89 Å². The highest BCUT2D eigenvalue weighted by Gasteiger charge is 2.10. The second-order valence-corrected chi connectivity index (χ2v) is 4.39. The van der Waals surface area contributed by atoms with Gasteiger partial charge >= 0.3 is 0 Å². The summed E-state index contributed by atoms with van der Waals surface area (Å²) in [5, 5.41) is 4.96. The van der Waals surface area contributed by atoms with E-state index in [1.165, 1.54) is 0 Å². The first kappa shape index (κ1) is 11.6. The number of aromatic nitrogens is 3. The van der Waals surface area contributed by atoms with Gasteiger partial charge in [-0.1, -0.05) is 16.8 Å². The molecule has 1 aromatic carbocycles. The Labute approximate surface area is 113 Å². The van der Waals surface area contributed by atoms with E-state index in [0.29, 0.717) is 33.5 Å². The lowest BCUT2D eigenvalue weighted by Gasteiger charge is -2.02. The van der Waals surface area contributed by atoms with E-state index in [9.17, 15) is 0 Å². The van der Waals surface area contributed by atoms with Gasteiger partial charge in [0.1, 0.15) is 0 Å². The normalized spacial score (nSPS) is 10.6. The SMILES string of the molecule is [C-]#[N+]c1cc(Cl)c2ncc(-c3nc(C)no3)cc2c1. The lowest BCUT2D eigenvalue weighted by Crippen LogP contribution is -1.84. The first-order chi connectivity index (χ1) is 9.17. The van der Waals surface area contributed by atoms with Gasteiger partial charge in [0.15, 0.2) is 11.5 Å². The average Bonchev–Trinajstić information content (AvgIpc) is 2.84. The molecule has 0 aliphatic carbocycles. The molecule has 0 aliphatic rings. The van der Waals surface area contributed by atoms with Gasteiger partial charge in [-0.3, -0.25) is 4.98 Å². The average molecular weight is 271 g/mol. The molecule has 0 radical (unpaired) electrons. The Bertz CT molecular complexity index is 819. The molecule has 0 amide bonds. The van der Waals surface area contributed by atoms with E-state index in [1.807, 2.05) is 6.07 Å². The Morgan fingerprint density at radius 3 is 2.84 bits per heavy atom. The zero-order chi connectivity index (χ0) is 13.4. The molecule has 3 aromatic rings. The Kier molecular flexibility index (Phi) is 2.65. The molecular weight excluding hydrogens is 264 g/mol. The molecule has 19 heavy (non-hydrogen) atoms. The van der Waals surface area contributed by atoms with E-state index in [4.69, 9.17) is 22.7 Å². The first-order valence-corrected chi connectivity index (χ1v) is 5.82. The number of fused-ring (bicyclic) bond motifs is 1. The number of aryl methyl sites for hydroxylation is 1. The Balaban J connectivity index is 2.23. The van der Waals surface area contributed by atoms with E-state index in [2.05, 4.69) is 20.0 Å². The summed E-state index contributed by atoms with van der Waals surface area (Å²) >= 11 is 6.09. The van der Waals surface area contributed by atoms with Crippen LogP contribution >= 0.6 is 11.6 Å². The van der Waals surface area contributed by atoms with Crippen molar-refractivity contribution in [3.05, 3.63) is 46.7 Å². The first-order valence-electron chi connectivity index (χ1n) is 5.45. The van der Waals surface area contributed by atoms with Gasteiger partial charge in [-0.15, -0.1) is 0 Å². The molecule has 0 spiro atoms. The van der Waals surface area contributed by atoms with Crippen molar-refractivity contribution in [1.82, 2.24) is 15.1 Å². The highest BCUT2D eigenvalue weighted by atomic mass is 35.5. The van der Waals surface area contributed by atoms with Crippen molar-refractivity contribution in [3.63, 3.8) is 0 Å². The molecule has 3 rings (SSSR count). The molecule has 0 fully saturated rings. The van der Waals surface area contributed by atoms with Crippen LogP contribution in [0.15, 0.2) is 28.9 Å². The van der Waals surface area contributed by atoms with Crippen LogP contribution in [0.5, 0.6) is 0 Å². The van der Waals surface area contributed by atoms with Crippen LogP contribution < -0.4 is 0 Å². The van der Waals surface area contributed by atoms with Crippen molar-refractivity contribution in [3.8, 4) is 11.5 Å². The predicted octanol–water partition coefficient (Wildman–Crippen LogP) is 3.80. The molecule has 0 atom stereocenters. The maximum absolute atomic E-state index is 7.04. The van der Waals surface area contributed by atoms with Gasteiger partial charge in [0.05, 0.1) is 22.7 Å². The molecule has 0 unspecified atom stereocenters. The Hall–Kier alpha value is -2.45. The fourth-order valence-corrected chi connectivity index (χ4v) is 2.06. The van der Waals surface area contributed by atoms with Crippen LogP contribution in [0.25, 0.3) is 27.2 Å². The summed E-state index contributed by atoms with van der Waals surface area (Å²) in [6, 6.07) is 5.16. The Morgan fingerprint density at radius 2 is 2.16 bits per heavy atom. The highest BCUT2D eigenvalue weighted by molar-refractivity contribution is 6.35. The second-order valence-electron chi connectivity index (χ2n) is 3.98. The monoisotopic (exact) mass is 270 g/mol. The summed E-state index contributed by atoms with van der Waals surface area (Å²) < 4.78 is 5.09. The third-order valence-electron chi connectivity index (χ3n) is 2.63. The highest BCUT2D eigenvalue weighted by Crippen LogP contribution is 2.30. The molecular formula is C13H7ClN4O. The van der Waals surface area contributed by atoms with Gasteiger partial charge in [-0.25, -0.2) is 4.85 Å². The minimum atomic E-state index is 0.399. The predicted molar refractivity (Wildman–Crippen MR) is 71.0 cm³/mol. The molecule has 2 aromatic heterocycles. The van der Waals surface area contributed by atoms with Crippen LogP contribution in [0, 0.1) is 13.5 Å². The van der Waals surface area contributed by atoms with Crippen LogP contribution in [0.4, 0.5) is 5.69 Å². The summed E-state index contributed by atoms with van der Waals surface area (Å²) in [5.74, 6) is 0.958. The summed E-state index contributed by atoms with van der Waals surface area (Å²) in [5.41, 5.74) is 1.82. The molecule has 0 bridgehead atoms. The molecule has 0 saturated carbocycles. The second kappa shape index (κ2) is 4.34. The van der Waals surface area contributed by atoms with Gasteiger partial charge < -0.3 is 4.52 Å². The summed E-state index contributed by atoms with van der Waals surface area (Å²) in [6.45, 7) is 8.79. The maximum atomic E-state index is 7.04. The number of benzene rings is 1. The van der Waals surface area contributed by atoms with Gasteiger partial charge in [0.2, 0.25) is 0 Å². The van der Waals surface area contributed by atoms with Gasteiger partial charge in [0, 0.05) is 6.20 Å². The van der Waals surface area contributed by atoms with Crippen molar-refractivity contribution in [2.24, 2.45) is 0 Å². The summed E-state index contributed by atoms with van der Waals surface area (Å²) in [7, 11) is 0. The van der Waals surface area contributed by atoms with E-state index in [1.54, 1.807) is 25.3 Å². The molecule has 0 saturated heterocycles. The fourth-order valence-electron chi connectivity index (χ4n) is 1.79. The van der Waals surface area contributed by atoms with Gasteiger partial charge in [-0.05, 0) is 30.5 Å². The van der Waals surface area contributed by atoms with E-state index in [-0.39, 0.29) is 0 Å². The standard InChI is InChI=1S/C13H7ClN4O/c1-7-17-13(19-18-7)9-3-8-4-10(15-2)5-11(14)12(8)16-6-9/h3-6H,1H3. The number of halogens is 1. The number of hydrogen-bond donors (Lipinski definition) is 0. The minimum absolute atomic E-state index is 0.399. The fraction of sp³-hybridized carbons (Fsp3) is 0.0769. The number of rotatable bonds is 1. The molecule has 0 aliphatic heterocycles. The molecule has 5 nitrogen and oxygen atoms in total. The smallest absolute Gasteiger partial charge is 0.259 e. The zero-order valence-corrected chi connectivity index (χ0v) is 10.6. The number of nitrogens with zero attached hydrogens (tertiary/aromatic N) is 4. The number of pyridine rings is 1. The molecule has 6 heteroatoms. The van der Waals surface area contributed by atoms with Crippen LogP contribution in [-0.4, -0.2) is 15.1 Å². The quantitative estimate of drug-likeness (QED) is 0.631. The van der Waals surface area contributed by atoms with Crippen molar-refractivity contribution in [1.29, 1.82) is 0 Å². The summed E-state index contributed by atoms with van der Waals surface area (Å²) in [6.07, 6.45) is 1.62. The van der Waals surface area contributed by atoms with Crippen molar-refractivity contribution in [2.45, 2.75) is 6.92 Å². The third kappa shape index (κ3) is 2.02. The molecule has 0 N–H and O–H groups in total. The van der Waals surface area contributed by atoms with Crippen LogP contribution in [-0.2, 0) is 0 Å². The largest absolute Gasteiger partial charge is 0.334 e. The summed E-state index contributed by atoms with van der Waals surface area (Å²) in [4.78, 5) is 11.8. The minimum Gasteiger partial charge on any atom is -0.334 e. The Morgan fingerprint density at radius 1 is 1.32 bits per heavy atom. The van der Waals surface area contributed by atoms with Crippen LogP contribution in [0.1, 0.15) is 5.82 Å². The van der Waals surface area contributed by atoms with Crippen LogP contribution in [0.3, 0.4) is 0 Å². The van der Waals surface area contributed by atoms with Crippen LogP contribution in [0.2, 0.25) is 5.02 Å². The lowest BCUT2D eigenvalue weighted by molar-refractivity contribution is 0.425. The van der Waals surface area contributed by atoms with Crippen molar-refractivity contribution in [2.75, 3.05) is 0 Å². The van der Waals surface area contributed by atoms with E-state index < -0.39 is 0 Å². The molecule has 2 heterocycles. The zero-order valence-electron chi connectivity index (χ0n) is 9.88. The van der Waals surface area contributed by atoms with Crippen molar-refractivity contribution < 1.29 is 4.52 Å². The van der Waals surface area contributed by atoms with Crippen molar-refractivity contribution >= 4 is 28.2 Å². The van der Waals surface area contributed by atoms with Gasteiger partial charge in [-0.2, -0.15) is 4.98 Å². The lowest BCUT2D eigenvalue weighted by atomic mass is 10.1.